The largest absolute Gasteiger partial charge is 0.351 e. The van der Waals surface area contributed by atoms with Crippen molar-refractivity contribution in [3.63, 3.8) is 0 Å². The molecule has 0 radical (unpaired) electrons. The van der Waals surface area contributed by atoms with E-state index in [0.717, 1.165) is 36.6 Å². The average Bonchev–Trinajstić information content (AvgIpc) is 3.04. The predicted octanol–water partition coefficient (Wildman–Crippen LogP) is 5.99. The third-order valence-corrected chi connectivity index (χ3v) is 7.82. The van der Waals surface area contributed by atoms with E-state index in [0.29, 0.717) is 31.2 Å². The summed E-state index contributed by atoms with van der Waals surface area (Å²) in [6, 6.07) is 34.6. The summed E-state index contributed by atoms with van der Waals surface area (Å²) in [4.78, 5) is 28.6. The maximum atomic E-state index is 13.8. The van der Waals surface area contributed by atoms with E-state index in [1.807, 2.05) is 66.5 Å². The number of nitrogens with zero attached hydrogens (tertiary/aromatic N) is 1. The summed E-state index contributed by atoms with van der Waals surface area (Å²) in [5.41, 5.74) is 3.01. The van der Waals surface area contributed by atoms with E-state index in [4.69, 9.17) is 0 Å². The highest BCUT2D eigenvalue weighted by Crippen LogP contribution is 2.25. The van der Waals surface area contributed by atoms with Crippen LogP contribution >= 0.6 is 0 Å². The van der Waals surface area contributed by atoms with Crippen molar-refractivity contribution >= 4 is 22.6 Å². The van der Waals surface area contributed by atoms with Crippen LogP contribution in [0.5, 0.6) is 0 Å². The van der Waals surface area contributed by atoms with Crippen LogP contribution in [0.1, 0.15) is 60.5 Å². The van der Waals surface area contributed by atoms with Gasteiger partial charge in [0.15, 0.2) is 0 Å². The van der Waals surface area contributed by atoms with Crippen LogP contribution in [0, 0.1) is 0 Å². The van der Waals surface area contributed by atoms with E-state index in [2.05, 4.69) is 78.3 Å². The summed E-state index contributed by atoms with van der Waals surface area (Å²) < 4.78 is 0. The normalized spacial score (nSPS) is 12.0. The monoisotopic (exact) mass is 578 g/mol. The lowest BCUT2D eigenvalue weighted by Crippen LogP contribution is -2.48. The second-order valence-corrected chi connectivity index (χ2v) is 11.5. The van der Waals surface area contributed by atoms with Gasteiger partial charge in [0.1, 0.15) is 0 Å². The van der Waals surface area contributed by atoms with Crippen LogP contribution in [0.15, 0.2) is 103 Å². The molecule has 1 atom stereocenters. The quantitative estimate of drug-likeness (QED) is 0.143. The van der Waals surface area contributed by atoms with Crippen LogP contribution in [-0.2, 0) is 4.79 Å². The molecule has 4 rings (SSSR count). The number of amides is 2. The third-order valence-electron chi connectivity index (χ3n) is 7.82. The Morgan fingerprint density at radius 1 is 0.698 bits per heavy atom. The van der Waals surface area contributed by atoms with Crippen molar-refractivity contribution in [3.05, 3.63) is 120 Å². The minimum Gasteiger partial charge on any atom is -0.351 e. The van der Waals surface area contributed by atoms with Gasteiger partial charge in [0, 0.05) is 44.2 Å². The Labute approximate surface area is 256 Å². The van der Waals surface area contributed by atoms with Gasteiger partial charge in [0.2, 0.25) is 5.91 Å². The van der Waals surface area contributed by atoms with Crippen molar-refractivity contribution in [3.8, 4) is 0 Å². The Morgan fingerprint density at radius 2 is 1.33 bits per heavy atom. The minimum absolute atomic E-state index is 0.0773. The Morgan fingerprint density at radius 3 is 1.98 bits per heavy atom. The van der Waals surface area contributed by atoms with Gasteiger partial charge in [-0.25, -0.2) is 0 Å². The Hall–Kier alpha value is -4.00. The predicted molar refractivity (Wildman–Crippen MR) is 177 cm³/mol. The van der Waals surface area contributed by atoms with Crippen LogP contribution in [-0.4, -0.2) is 62.0 Å². The molecule has 0 fully saturated rings. The zero-order valence-electron chi connectivity index (χ0n) is 25.8. The molecule has 0 spiro atoms. The van der Waals surface area contributed by atoms with Crippen LogP contribution in [0.2, 0.25) is 0 Å². The van der Waals surface area contributed by atoms with Crippen LogP contribution in [0.25, 0.3) is 10.8 Å². The second kappa shape index (κ2) is 16.6. The number of fused-ring (bicyclic) bond motifs is 1. The Bertz CT molecular complexity index is 1390. The van der Waals surface area contributed by atoms with E-state index in [1.165, 1.54) is 11.1 Å². The van der Waals surface area contributed by atoms with Crippen LogP contribution < -0.4 is 16.0 Å². The third kappa shape index (κ3) is 9.77. The first-order valence-corrected chi connectivity index (χ1v) is 15.5. The number of carbonyl (C=O) groups excluding carboxylic acids is 2. The van der Waals surface area contributed by atoms with E-state index in [1.54, 1.807) is 0 Å². The lowest BCUT2D eigenvalue weighted by atomic mass is 9.90. The molecule has 4 aromatic carbocycles. The average molecular weight is 579 g/mol. The van der Waals surface area contributed by atoms with E-state index in [9.17, 15) is 9.59 Å². The van der Waals surface area contributed by atoms with Gasteiger partial charge in [0.05, 0.1) is 6.04 Å². The number of likely N-dealkylation sites (N-methyl/N-ethyl adjacent to an activating group) is 1. The number of hydrogen-bond donors (Lipinski definition) is 3. The van der Waals surface area contributed by atoms with Gasteiger partial charge in [-0.2, -0.15) is 0 Å². The van der Waals surface area contributed by atoms with Crippen molar-refractivity contribution in [1.29, 1.82) is 0 Å². The van der Waals surface area contributed by atoms with E-state index >= 15 is 0 Å². The van der Waals surface area contributed by atoms with Crippen molar-refractivity contribution < 1.29 is 9.59 Å². The molecule has 0 saturated carbocycles. The molecule has 0 aliphatic carbocycles. The molecule has 43 heavy (non-hydrogen) atoms. The SMILES string of the molecule is CC(C)NCCCC[C@H](NCCNC(=O)c1ccc2ccccc2c1)C(=O)N(C)CC(c1ccccc1)c1ccccc1. The highest BCUT2D eigenvalue weighted by atomic mass is 16.2. The summed E-state index contributed by atoms with van der Waals surface area (Å²) in [7, 11) is 1.90. The lowest BCUT2D eigenvalue weighted by Gasteiger charge is -2.29. The summed E-state index contributed by atoms with van der Waals surface area (Å²) >= 11 is 0. The van der Waals surface area contributed by atoms with Gasteiger partial charge in [-0.1, -0.05) is 111 Å². The van der Waals surface area contributed by atoms with Crippen molar-refractivity contribution in [2.45, 2.75) is 51.1 Å². The number of unbranched alkanes of at least 4 members (excludes halogenated alkanes) is 1. The van der Waals surface area contributed by atoms with Crippen molar-refractivity contribution in [2.24, 2.45) is 0 Å². The molecule has 2 amide bonds. The lowest BCUT2D eigenvalue weighted by molar-refractivity contribution is -0.132. The number of rotatable bonds is 16. The fourth-order valence-electron chi connectivity index (χ4n) is 5.44. The topological polar surface area (TPSA) is 73.5 Å². The second-order valence-electron chi connectivity index (χ2n) is 11.5. The van der Waals surface area contributed by atoms with E-state index in [-0.39, 0.29) is 23.8 Å². The summed E-state index contributed by atoms with van der Waals surface area (Å²) in [5.74, 6) is 0.0453. The van der Waals surface area contributed by atoms with Crippen molar-refractivity contribution in [2.75, 3.05) is 33.2 Å². The fourth-order valence-corrected chi connectivity index (χ4v) is 5.44. The van der Waals surface area contributed by atoms with Crippen LogP contribution in [0.4, 0.5) is 0 Å². The Kier molecular flexibility index (Phi) is 12.3. The van der Waals surface area contributed by atoms with Crippen molar-refractivity contribution in [1.82, 2.24) is 20.9 Å². The number of benzene rings is 4. The standard InChI is InChI=1S/C37H46N4O2/c1-28(2)38-23-13-12-20-35(39-24-25-40-36(42)33-22-21-29-14-10-11-19-32(29)26-33)37(43)41(3)27-34(30-15-6-4-7-16-30)31-17-8-5-9-18-31/h4-11,14-19,21-22,26,28,34-35,38-39H,12-13,20,23-25,27H2,1-3H3,(H,40,42)/t35-/m0/s1. The molecule has 0 unspecified atom stereocenters. The highest BCUT2D eigenvalue weighted by Gasteiger charge is 2.25. The molecule has 6 heteroatoms. The van der Waals surface area contributed by atoms with Gasteiger partial charge >= 0.3 is 0 Å². The summed E-state index contributed by atoms with van der Waals surface area (Å²) in [6.07, 6.45) is 2.67. The minimum atomic E-state index is -0.325. The maximum Gasteiger partial charge on any atom is 0.251 e. The fraction of sp³-hybridized carbons (Fsp3) is 0.351. The first-order chi connectivity index (χ1) is 20.9. The molecule has 0 saturated heterocycles. The molecule has 0 aliphatic rings. The Balaban J connectivity index is 1.37. The highest BCUT2D eigenvalue weighted by molar-refractivity contribution is 5.98. The molecule has 4 aromatic rings. The molecule has 3 N–H and O–H groups in total. The number of hydrogen-bond acceptors (Lipinski definition) is 4. The number of carbonyl (C=O) groups is 2. The van der Waals surface area contributed by atoms with Gasteiger partial charge in [-0.15, -0.1) is 0 Å². The zero-order valence-corrected chi connectivity index (χ0v) is 25.8. The molecule has 0 bridgehead atoms. The smallest absolute Gasteiger partial charge is 0.251 e. The molecule has 0 aliphatic heterocycles. The van der Waals surface area contributed by atoms with E-state index < -0.39 is 0 Å². The summed E-state index contributed by atoms with van der Waals surface area (Å²) in [6.45, 7) is 6.74. The molecule has 226 valence electrons. The molecule has 0 heterocycles. The molecular formula is C37H46N4O2. The first-order valence-electron chi connectivity index (χ1n) is 15.5. The van der Waals surface area contributed by atoms with Crippen LogP contribution in [0.3, 0.4) is 0 Å². The molecular weight excluding hydrogens is 532 g/mol. The number of nitrogens with one attached hydrogen (secondary N) is 3. The zero-order chi connectivity index (χ0) is 30.4. The van der Waals surface area contributed by atoms with Gasteiger partial charge in [-0.05, 0) is 53.4 Å². The van der Waals surface area contributed by atoms with Gasteiger partial charge in [-0.3, -0.25) is 9.59 Å². The van der Waals surface area contributed by atoms with Gasteiger partial charge < -0.3 is 20.9 Å². The summed E-state index contributed by atoms with van der Waals surface area (Å²) in [5, 5.41) is 12.1. The first kappa shape index (κ1) is 31.9. The van der Waals surface area contributed by atoms with Gasteiger partial charge in [0.25, 0.3) is 5.91 Å². The molecule has 0 aromatic heterocycles. The molecule has 6 nitrogen and oxygen atoms in total. The maximum absolute atomic E-state index is 13.8.